The van der Waals surface area contributed by atoms with Gasteiger partial charge in [-0.25, -0.2) is 9.59 Å². The second-order valence-electron chi connectivity index (χ2n) is 2.59. The van der Waals surface area contributed by atoms with E-state index in [0.29, 0.717) is 11.9 Å². The molecule has 6 nitrogen and oxygen atoms in total. The normalized spacial score (nSPS) is 10.1. The monoisotopic (exact) mass is 208 g/mol. The molecule has 0 bridgehead atoms. The second kappa shape index (κ2) is 4.75. The summed E-state index contributed by atoms with van der Waals surface area (Å²) >= 11 is 0. The Balaban J connectivity index is 2.74. The molecule has 3 N–H and O–H groups in total. The molecular formula is C9H8N2O4. The molecule has 78 valence electrons. The number of nitrogens with zero attached hydrogens (tertiary/aromatic N) is 1. The maximum atomic E-state index is 10.6. The van der Waals surface area contributed by atoms with Gasteiger partial charge < -0.3 is 10.2 Å². The van der Waals surface area contributed by atoms with Crippen molar-refractivity contribution in [3.8, 4) is 0 Å². The number of benzene rings is 1. The van der Waals surface area contributed by atoms with Crippen molar-refractivity contribution in [3.05, 3.63) is 29.8 Å². The van der Waals surface area contributed by atoms with Crippen LogP contribution in [-0.2, 0) is 4.79 Å². The Bertz CT molecular complexity index is 414. The average Bonchev–Trinajstić information content (AvgIpc) is 2.17. The van der Waals surface area contributed by atoms with Crippen molar-refractivity contribution in [3.63, 3.8) is 0 Å². The van der Waals surface area contributed by atoms with Gasteiger partial charge in [-0.05, 0) is 18.2 Å². The van der Waals surface area contributed by atoms with Crippen LogP contribution in [0.5, 0.6) is 0 Å². The van der Waals surface area contributed by atoms with Crippen LogP contribution in [0.1, 0.15) is 10.4 Å². The SMILES string of the molecule is O=C(O)C=NNc1cccc(C(=O)O)c1. The van der Waals surface area contributed by atoms with Crippen LogP contribution in [0.2, 0.25) is 0 Å². The lowest BCUT2D eigenvalue weighted by Crippen LogP contribution is -2.00. The number of carboxylic acid groups (broad SMARTS) is 2. The molecule has 0 amide bonds. The minimum atomic E-state index is -1.18. The van der Waals surface area contributed by atoms with Crippen molar-refractivity contribution in [1.29, 1.82) is 0 Å². The molecule has 1 aromatic rings. The molecule has 0 aliphatic carbocycles. The van der Waals surface area contributed by atoms with E-state index in [1.165, 1.54) is 18.2 Å². The maximum absolute atomic E-state index is 10.6. The summed E-state index contributed by atoms with van der Waals surface area (Å²) in [5.41, 5.74) is 2.91. The molecule has 1 rings (SSSR count). The Morgan fingerprint density at radius 2 is 2.07 bits per heavy atom. The van der Waals surface area contributed by atoms with Crippen molar-refractivity contribution < 1.29 is 19.8 Å². The Morgan fingerprint density at radius 3 is 2.67 bits per heavy atom. The molecule has 0 fully saturated rings. The summed E-state index contributed by atoms with van der Waals surface area (Å²) in [6.07, 6.45) is 0.674. The molecule has 0 heterocycles. The van der Waals surface area contributed by atoms with Crippen LogP contribution in [0.4, 0.5) is 5.69 Å². The molecule has 0 saturated heterocycles. The van der Waals surface area contributed by atoms with Gasteiger partial charge in [-0.3, -0.25) is 5.43 Å². The van der Waals surface area contributed by atoms with Gasteiger partial charge in [0.1, 0.15) is 6.21 Å². The van der Waals surface area contributed by atoms with Crippen LogP contribution in [0.25, 0.3) is 0 Å². The lowest BCUT2D eigenvalue weighted by molar-refractivity contribution is -0.128. The van der Waals surface area contributed by atoms with Crippen molar-refractivity contribution >= 4 is 23.8 Å². The van der Waals surface area contributed by atoms with Gasteiger partial charge in [0, 0.05) is 0 Å². The van der Waals surface area contributed by atoms with E-state index in [9.17, 15) is 9.59 Å². The fourth-order valence-corrected chi connectivity index (χ4v) is 0.884. The third kappa shape index (κ3) is 3.47. The van der Waals surface area contributed by atoms with Crippen LogP contribution in [0, 0.1) is 0 Å². The third-order valence-electron chi connectivity index (χ3n) is 1.48. The fraction of sp³-hybridized carbons (Fsp3) is 0. The highest BCUT2D eigenvalue weighted by atomic mass is 16.4. The van der Waals surface area contributed by atoms with Crippen molar-refractivity contribution in [1.82, 2.24) is 0 Å². The molecule has 0 aliphatic rings. The third-order valence-corrected chi connectivity index (χ3v) is 1.48. The molecule has 6 heteroatoms. The number of nitrogens with one attached hydrogen (secondary N) is 1. The summed E-state index contributed by atoms with van der Waals surface area (Å²) in [6, 6.07) is 5.88. The van der Waals surface area contributed by atoms with E-state index in [0.717, 1.165) is 0 Å². The number of aromatic carboxylic acids is 1. The number of carbonyl (C=O) groups is 2. The first kappa shape index (κ1) is 10.7. The first-order valence-corrected chi connectivity index (χ1v) is 3.95. The Hall–Kier alpha value is -2.37. The number of hydrogen-bond acceptors (Lipinski definition) is 4. The number of rotatable bonds is 4. The molecule has 0 spiro atoms. The topological polar surface area (TPSA) is 99.0 Å². The highest BCUT2D eigenvalue weighted by Crippen LogP contribution is 2.10. The van der Waals surface area contributed by atoms with E-state index < -0.39 is 11.9 Å². The summed E-state index contributed by atoms with van der Waals surface area (Å²) in [6.45, 7) is 0. The molecule has 0 radical (unpaired) electrons. The largest absolute Gasteiger partial charge is 0.478 e. The number of hydrogen-bond donors (Lipinski definition) is 3. The number of anilines is 1. The minimum absolute atomic E-state index is 0.102. The van der Waals surface area contributed by atoms with Crippen LogP contribution in [0.3, 0.4) is 0 Å². The molecule has 0 atom stereocenters. The number of carboxylic acids is 2. The van der Waals surface area contributed by atoms with E-state index in [-0.39, 0.29) is 5.56 Å². The predicted octanol–water partition coefficient (Wildman–Crippen LogP) is 0.867. The lowest BCUT2D eigenvalue weighted by atomic mass is 10.2. The number of aliphatic carboxylic acids is 1. The molecule has 0 aliphatic heterocycles. The summed E-state index contributed by atoms with van der Waals surface area (Å²) in [7, 11) is 0. The highest BCUT2D eigenvalue weighted by molar-refractivity contribution is 6.22. The van der Waals surface area contributed by atoms with Gasteiger partial charge in [0.2, 0.25) is 0 Å². The van der Waals surface area contributed by atoms with E-state index in [1.54, 1.807) is 6.07 Å². The van der Waals surface area contributed by atoms with Gasteiger partial charge in [0.05, 0.1) is 11.3 Å². The van der Waals surface area contributed by atoms with Gasteiger partial charge in [0.25, 0.3) is 0 Å². The molecule has 0 saturated carbocycles. The summed E-state index contributed by atoms with van der Waals surface area (Å²) < 4.78 is 0. The predicted molar refractivity (Wildman–Crippen MR) is 53.2 cm³/mol. The lowest BCUT2D eigenvalue weighted by Gasteiger charge is -2.00. The highest BCUT2D eigenvalue weighted by Gasteiger charge is 2.01. The van der Waals surface area contributed by atoms with E-state index in [1.807, 2.05) is 0 Å². The Morgan fingerprint density at radius 1 is 1.33 bits per heavy atom. The van der Waals surface area contributed by atoms with E-state index in [2.05, 4.69) is 10.5 Å². The molecule has 0 unspecified atom stereocenters. The molecular weight excluding hydrogens is 200 g/mol. The van der Waals surface area contributed by atoms with Crippen LogP contribution in [0.15, 0.2) is 29.4 Å². The second-order valence-corrected chi connectivity index (χ2v) is 2.59. The van der Waals surface area contributed by atoms with Crippen molar-refractivity contribution in [2.75, 3.05) is 5.43 Å². The molecule has 0 aromatic heterocycles. The molecule has 1 aromatic carbocycles. The summed E-state index contributed by atoms with van der Waals surface area (Å²) in [5, 5.41) is 20.3. The van der Waals surface area contributed by atoms with Gasteiger partial charge in [0.15, 0.2) is 0 Å². The van der Waals surface area contributed by atoms with Gasteiger partial charge in [-0.15, -0.1) is 0 Å². The molecule has 15 heavy (non-hydrogen) atoms. The van der Waals surface area contributed by atoms with Gasteiger partial charge in [-0.2, -0.15) is 5.10 Å². The minimum Gasteiger partial charge on any atom is -0.478 e. The van der Waals surface area contributed by atoms with E-state index in [4.69, 9.17) is 10.2 Å². The van der Waals surface area contributed by atoms with Crippen molar-refractivity contribution in [2.45, 2.75) is 0 Å². The Labute approximate surface area is 84.9 Å². The first-order chi connectivity index (χ1) is 7.09. The summed E-state index contributed by atoms with van der Waals surface area (Å²) in [5.74, 6) is -2.24. The average molecular weight is 208 g/mol. The van der Waals surface area contributed by atoms with Crippen molar-refractivity contribution in [2.24, 2.45) is 5.10 Å². The zero-order valence-electron chi connectivity index (χ0n) is 7.54. The summed E-state index contributed by atoms with van der Waals surface area (Å²) in [4.78, 5) is 20.7. The van der Waals surface area contributed by atoms with Crippen LogP contribution >= 0.6 is 0 Å². The van der Waals surface area contributed by atoms with Gasteiger partial charge in [-0.1, -0.05) is 6.07 Å². The van der Waals surface area contributed by atoms with Gasteiger partial charge >= 0.3 is 11.9 Å². The zero-order valence-corrected chi connectivity index (χ0v) is 7.54. The quantitative estimate of drug-likeness (QED) is 0.503. The Kier molecular flexibility index (Phi) is 3.39. The maximum Gasteiger partial charge on any atom is 0.348 e. The number of hydrazone groups is 1. The zero-order chi connectivity index (χ0) is 11.3. The van der Waals surface area contributed by atoms with Crippen LogP contribution < -0.4 is 5.43 Å². The first-order valence-electron chi connectivity index (χ1n) is 3.95. The fourth-order valence-electron chi connectivity index (χ4n) is 0.884. The standard InChI is InChI=1S/C9H8N2O4/c12-8(13)5-10-11-7-3-1-2-6(4-7)9(14)15/h1-5,11H,(H,12,13)(H,14,15). The van der Waals surface area contributed by atoms with E-state index >= 15 is 0 Å². The van der Waals surface area contributed by atoms with Crippen LogP contribution in [-0.4, -0.2) is 28.4 Å². The smallest absolute Gasteiger partial charge is 0.348 e.